The number of carboxylic acid groups (broad SMARTS) is 1. The first-order valence-electron chi connectivity index (χ1n) is 6.00. The van der Waals surface area contributed by atoms with Gasteiger partial charge in [-0.25, -0.2) is 4.79 Å². The number of rotatable bonds is 2. The third-order valence-electron chi connectivity index (χ3n) is 2.77. The number of carboxylic acids is 1. The third-order valence-corrected chi connectivity index (χ3v) is 2.77. The molecule has 0 bridgehead atoms. The van der Waals surface area contributed by atoms with Gasteiger partial charge >= 0.3 is 6.09 Å². The van der Waals surface area contributed by atoms with Crippen molar-refractivity contribution in [2.24, 2.45) is 5.92 Å². The van der Waals surface area contributed by atoms with Crippen LogP contribution in [-0.2, 0) is 9.53 Å². The molecular formula is C12H20NO4-. The lowest BCUT2D eigenvalue weighted by Crippen LogP contribution is -2.50. The number of alkyl carbamates (subject to hydrolysis) is 1. The molecular weight excluding hydrogens is 222 g/mol. The van der Waals surface area contributed by atoms with E-state index < -0.39 is 23.6 Å². The molecule has 0 heterocycles. The molecule has 1 N–H and O–H groups in total. The highest BCUT2D eigenvalue weighted by Gasteiger charge is 2.28. The Labute approximate surface area is 102 Å². The zero-order chi connectivity index (χ0) is 13.1. The number of carbonyl (C=O) groups is 2. The van der Waals surface area contributed by atoms with Gasteiger partial charge in [0.05, 0.1) is 0 Å². The van der Waals surface area contributed by atoms with E-state index >= 15 is 0 Å². The van der Waals surface area contributed by atoms with E-state index in [4.69, 9.17) is 4.74 Å². The van der Waals surface area contributed by atoms with Gasteiger partial charge in [0.1, 0.15) is 5.60 Å². The first kappa shape index (κ1) is 13.8. The van der Waals surface area contributed by atoms with Crippen molar-refractivity contribution in [2.45, 2.75) is 58.1 Å². The molecule has 0 unspecified atom stereocenters. The fourth-order valence-corrected chi connectivity index (χ4v) is 2.04. The highest BCUT2D eigenvalue weighted by atomic mass is 16.6. The van der Waals surface area contributed by atoms with Crippen molar-refractivity contribution in [2.75, 3.05) is 0 Å². The van der Waals surface area contributed by atoms with Gasteiger partial charge in [-0.3, -0.25) is 0 Å². The zero-order valence-electron chi connectivity index (χ0n) is 10.6. The average Bonchev–Trinajstić information content (AvgIpc) is 2.14. The van der Waals surface area contributed by atoms with E-state index in [0.717, 1.165) is 12.8 Å². The molecule has 0 aromatic heterocycles. The van der Waals surface area contributed by atoms with Gasteiger partial charge < -0.3 is 20.0 Å². The van der Waals surface area contributed by atoms with Gasteiger partial charge in [0.25, 0.3) is 0 Å². The third kappa shape index (κ3) is 4.63. The molecule has 0 aliphatic heterocycles. The smallest absolute Gasteiger partial charge is 0.407 e. The molecule has 0 aromatic carbocycles. The minimum absolute atomic E-state index is 0.372. The molecule has 0 aromatic rings. The molecule has 1 rings (SSSR count). The van der Waals surface area contributed by atoms with E-state index in [1.165, 1.54) is 0 Å². The van der Waals surface area contributed by atoms with E-state index in [9.17, 15) is 14.7 Å². The van der Waals surface area contributed by atoms with E-state index in [1.807, 2.05) is 0 Å². The van der Waals surface area contributed by atoms with Gasteiger partial charge in [-0.1, -0.05) is 12.8 Å². The zero-order valence-corrected chi connectivity index (χ0v) is 10.6. The number of nitrogens with one attached hydrogen (secondary N) is 1. The van der Waals surface area contributed by atoms with E-state index in [2.05, 4.69) is 5.32 Å². The molecule has 5 heteroatoms. The largest absolute Gasteiger partial charge is 0.550 e. The second kappa shape index (κ2) is 5.38. The Balaban J connectivity index is 2.53. The van der Waals surface area contributed by atoms with E-state index in [-0.39, 0.29) is 6.04 Å². The van der Waals surface area contributed by atoms with Crippen molar-refractivity contribution >= 4 is 12.1 Å². The Hall–Kier alpha value is -1.26. The maximum Gasteiger partial charge on any atom is 0.407 e. The minimum atomic E-state index is -1.09. The summed E-state index contributed by atoms with van der Waals surface area (Å²) in [6.45, 7) is 5.30. The summed E-state index contributed by atoms with van der Waals surface area (Å²) in [7, 11) is 0. The second-order valence-corrected chi connectivity index (χ2v) is 5.46. The quantitative estimate of drug-likeness (QED) is 0.777. The van der Waals surface area contributed by atoms with Crippen LogP contribution in [0, 0.1) is 5.92 Å². The van der Waals surface area contributed by atoms with Crippen molar-refractivity contribution in [1.29, 1.82) is 0 Å². The number of hydrogen-bond donors (Lipinski definition) is 1. The molecule has 2 atom stereocenters. The number of aliphatic carboxylic acids is 1. The van der Waals surface area contributed by atoms with Crippen LogP contribution in [0.3, 0.4) is 0 Å². The Morgan fingerprint density at radius 2 is 1.82 bits per heavy atom. The van der Waals surface area contributed by atoms with E-state index in [1.54, 1.807) is 20.8 Å². The summed E-state index contributed by atoms with van der Waals surface area (Å²) in [4.78, 5) is 22.5. The van der Waals surface area contributed by atoms with Crippen molar-refractivity contribution in [3.05, 3.63) is 0 Å². The molecule has 0 spiro atoms. The molecule has 1 fully saturated rings. The topological polar surface area (TPSA) is 78.5 Å². The Bertz CT molecular complexity index is 295. The van der Waals surface area contributed by atoms with E-state index in [0.29, 0.717) is 12.8 Å². The second-order valence-electron chi connectivity index (χ2n) is 5.46. The molecule has 17 heavy (non-hydrogen) atoms. The predicted molar refractivity (Wildman–Crippen MR) is 60.1 cm³/mol. The summed E-state index contributed by atoms with van der Waals surface area (Å²) in [5.41, 5.74) is -0.574. The molecule has 0 saturated heterocycles. The molecule has 1 aliphatic rings. The van der Waals surface area contributed by atoms with Crippen LogP contribution in [0.5, 0.6) is 0 Å². The summed E-state index contributed by atoms with van der Waals surface area (Å²) in [6.07, 6.45) is 2.45. The summed E-state index contributed by atoms with van der Waals surface area (Å²) < 4.78 is 5.11. The van der Waals surface area contributed by atoms with Crippen LogP contribution in [-0.4, -0.2) is 23.7 Å². The minimum Gasteiger partial charge on any atom is -0.550 e. The molecule has 1 amide bonds. The van der Waals surface area contributed by atoms with Crippen LogP contribution in [0.4, 0.5) is 4.79 Å². The molecule has 1 saturated carbocycles. The lowest BCUT2D eigenvalue weighted by molar-refractivity contribution is -0.313. The van der Waals surface area contributed by atoms with Crippen LogP contribution >= 0.6 is 0 Å². The van der Waals surface area contributed by atoms with Crippen molar-refractivity contribution in [3.63, 3.8) is 0 Å². The summed E-state index contributed by atoms with van der Waals surface area (Å²) in [5.74, 6) is -1.69. The first-order valence-corrected chi connectivity index (χ1v) is 6.00. The summed E-state index contributed by atoms with van der Waals surface area (Å²) in [5, 5.41) is 13.6. The van der Waals surface area contributed by atoms with Gasteiger partial charge in [0.2, 0.25) is 0 Å². The lowest BCUT2D eigenvalue weighted by atomic mass is 9.84. The van der Waals surface area contributed by atoms with Crippen LogP contribution < -0.4 is 10.4 Å². The first-order chi connectivity index (χ1) is 7.79. The normalized spacial score (nSPS) is 25.1. The van der Waals surface area contributed by atoms with Gasteiger partial charge in [0.15, 0.2) is 0 Å². The maximum absolute atomic E-state index is 11.5. The number of amides is 1. The van der Waals surface area contributed by atoms with Crippen molar-refractivity contribution in [1.82, 2.24) is 5.32 Å². The van der Waals surface area contributed by atoms with Crippen LogP contribution in [0.15, 0.2) is 0 Å². The van der Waals surface area contributed by atoms with Crippen LogP contribution in [0.1, 0.15) is 46.5 Å². The maximum atomic E-state index is 11.5. The molecule has 5 nitrogen and oxygen atoms in total. The Morgan fingerprint density at radius 1 is 1.24 bits per heavy atom. The van der Waals surface area contributed by atoms with Gasteiger partial charge in [-0.2, -0.15) is 0 Å². The monoisotopic (exact) mass is 242 g/mol. The van der Waals surface area contributed by atoms with Crippen molar-refractivity contribution in [3.8, 4) is 0 Å². The molecule has 0 radical (unpaired) electrons. The predicted octanol–water partition coefficient (Wildman–Crippen LogP) is 0.820. The number of ether oxygens (including phenoxy) is 1. The highest BCUT2D eigenvalue weighted by molar-refractivity contribution is 5.72. The van der Waals surface area contributed by atoms with Crippen molar-refractivity contribution < 1.29 is 19.4 Å². The fourth-order valence-electron chi connectivity index (χ4n) is 2.04. The van der Waals surface area contributed by atoms with Crippen LogP contribution in [0.2, 0.25) is 0 Å². The fraction of sp³-hybridized carbons (Fsp3) is 0.833. The van der Waals surface area contributed by atoms with Crippen LogP contribution in [0.25, 0.3) is 0 Å². The summed E-state index contributed by atoms with van der Waals surface area (Å²) >= 11 is 0. The van der Waals surface area contributed by atoms with Gasteiger partial charge in [0, 0.05) is 17.9 Å². The standard InChI is InChI=1S/C12H21NO4/c1-12(2,3)17-11(16)13-9-7-5-4-6-8(9)10(14)15/h8-9H,4-7H2,1-3H3,(H,13,16)(H,14,15)/p-1/t8-,9+/m1/s1. The average molecular weight is 242 g/mol. The number of carbonyl (C=O) groups excluding carboxylic acids is 2. The lowest BCUT2D eigenvalue weighted by Gasteiger charge is -2.33. The highest BCUT2D eigenvalue weighted by Crippen LogP contribution is 2.24. The van der Waals surface area contributed by atoms with Gasteiger partial charge in [-0.05, 0) is 33.6 Å². The summed E-state index contributed by atoms with van der Waals surface area (Å²) in [6, 6.07) is -0.372. The molecule has 98 valence electrons. The SMILES string of the molecule is CC(C)(C)OC(=O)N[C@H]1CCCC[C@H]1C(=O)[O-]. The van der Waals surface area contributed by atoms with Gasteiger partial charge in [-0.15, -0.1) is 0 Å². The number of hydrogen-bond acceptors (Lipinski definition) is 4. The Morgan fingerprint density at radius 3 is 2.35 bits per heavy atom. The Kier molecular flexibility index (Phi) is 4.37. The molecule has 1 aliphatic carbocycles.